The summed E-state index contributed by atoms with van der Waals surface area (Å²) in [6.07, 6.45) is 0. The van der Waals surface area contributed by atoms with Crippen molar-refractivity contribution in [3.8, 4) is 11.3 Å². The smallest absolute Gasteiger partial charge is 0.117 e. The van der Waals surface area contributed by atoms with Crippen LogP contribution in [0.3, 0.4) is 0 Å². The average Bonchev–Trinajstić information content (AvgIpc) is 2.72. The molecular weight excluding hydrogens is 268 g/mol. The van der Waals surface area contributed by atoms with Gasteiger partial charge in [-0.2, -0.15) is 0 Å². The quantitative estimate of drug-likeness (QED) is 0.938. The van der Waals surface area contributed by atoms with E-state index in [1.54, 1.807) is 0 Å². The zero-order chi connectivity index (χ0) is 11.5. The van der Waals surface area contributed by atoms with E-state index >= 15 is 0 Å². The molecular formula is C11H13BrN4. The number of aryl methyl sites for hydroxylation is 1. The van der Waals surface area contributed by atoms with Crippen LogP contribution in [0.5, 0.6) is 0 Å². The van der Waals surface area contributed by atoms with Gasteiger partial charge >= 0.3 is 0 Å². The molecule has 0 aliphatic rings. The molecule has 0 fully saturated rings. The highest BCUT2D eigenvalue weighted by Gasteiger charge is 2.11. The first-order valence-electron chi connectivity index (χ1n) is 5.14. The maximum atomic E-state index is 5.73. The van der Waals surface area contributed by atoms with Gasteiger partial charge in [-0.25, -0.2) is 4.68 Å². The van der Waals surface area contributed by atoms with E-state index in [1.807, 2.05) is 35.9 Å². The fourth-order valence-corrected chi connectivity index (χ4v) is 1.89. The first kappa shape index (κ1) is 11.3. The maximum absolute atomic E-state index is 5.73. The summed E-state index contributed by atoms with van der Waals surface area (Å²) in [6.45, 7) is 3.27. The maximum Gasteiger partial charge on any atom is 0.117 e. The van der Waals surface area contributed by atoms with Crippen molar-refractivity contribution in [2.75, 3.05) is 0 Å². The molecule has 5 heteroatoms. The van der Waals surface area contributed by atoms with Gasteiger partial charge in [0.1, 0.15) is 5.69 Å². The lowest BCUT2D eigenvalue weighted by Crippen LogP contribution is -2.08. The van der Waals surface area contributed by atoms with Gasteiger partial charge in [0.05, 0.1) is 5.69 Å². The average molecular weight is 281 g/mol. The van der Waals surface area contributed by atoms with E-state index in [2.05, 4.69) is 26.2 Å². The van der Waals surface area contributed by atoms with E-state index in [0.29, 0.717) is 6.54 Å². The number of halogens is 1. The monoisotopic (exact) mass is 280 g/mol. The lowest BCUT2D eigenvalue weighted by atomic mass is 10.1. The predicted octanol–water partition coefficient (Wildman–Crippen LogP) is 2.19. The molecule has 2 rings (SSSR count). The first-order valence-corrected chi connectivity index (χ1v) is 5.94. The minimum absolute atomic E-state index is 0.451. The number of hydrogen-bond acceptors (Lipinski definition) is 3. The van der Waals surface area contributed by atoms with E-state index < -0.39 is 0 Å². The van der Waals surface area contributed by atoms with Crippen molar-refractivity contribution in [3.05, 3.63) is 34.4 Å². The molecule has 0 amide bonds. The predicted molar refractivity (Wildman–Crippen MR) is 66.7 cm³/mol. The van der Waals surface area contributed by atoms with Crippen LogP contribution in [-0.4, -0.2) is 15.0 Å². The number of hydrogen-bond donors (Lipinski definition) is 1. The molecule has 0 radical (unpaired) electrons. The molecule has 0 atom stereocenters. The van der Waals surface area contributed by atoms with Gasteiger partial charge in [-0.1, -0.05) is 33.3 Å². The SMILES string of the molecule is CCn1nnc(-c2ccc(Br)cc2)c1CN. The minimum Gasteiger partial charge on any atom is -0.325 e. The second kappa shape index (κ2) is 4.76. The third-order valence-corrected chi connectivity index (χ3v) is 2.98. The summed E-state index contributed by atoms with van der Waals surface area (Å²) in [7, 11) is 0. The number of nitrogens with zero attached hydrogens (tertiary/aromatic N) is 3. The second-order valence-electron chi connectivity index (χ2n) is 3.41. The van der Waals surface area contributed by atoms with Crippen LogP contribution in [0.2, 0.25) is 0 Å². The highest BCUT2D eigenvalue weighted by Crippen LogP contribution is 2.22. The Morgan fingerprint density at radius 3 is 2.56 bits per heavy atom. The van der Waals surface area contributed by atoms with Gasteiger partial charge in [0.2, 0.25) is 0 Å². The van der Waals surface area contributed by atoms with Crippen LogP contribution >= 0.6 is 15.9 Å². The standard InChI is InChI=1S/C11H13BrN4/c1-2-16-10(7-13)11(14-15-16)8-3-5-9(12)6-4-8/h3-6H,2,7,13H2,1H3. The molecule has 1 aromatic carbocycles. The van der Waals surface area contributed by atoms with Gasteiger partial charge in [0.15, 0.2) is 0 Å². The van der Waals surface area contributed by atoms with Gasteiger partial charge in [0, 0.05) is 23.1 Å². The van der Waals surface area contributed by atoms with E-state index in [0.717, 1.165) is 28.0 Å². The van der Waals surface area contributed by atoms with Gasteiger partial charge < -0.3 is 5.73 Å². The zero-order valence-corrected chi connectivity index (χ0v) is 10.6. The van der Waals surface area contributed by atoms with Crippen LogP contribution in [0.25, 0.3) is 11.3 Å². The molecule has 0 aliphatic heterocycles. The van der Waals surface area contributed by atoms with Crippen molar-refractivity contribution in [2.24, 2.45) is 5.73 Å². The van der Waals surface area contributed by atoms with E-state index in [-0.39, 0.29) is 0 Å². The van der Waals surface area contributed by atoms with Crippen molar-refractivity contribution in [2.45, 2.75) is 20.0 Å². The van der Waals surface area contributed by atoms with Gasteiger partial charge in [-0.05, 0) is 19.1 Å². The largest absolute Gasteiger partial charge is 0.325 e. The van der Waals surface area contributed by atoms with E-state index in [1.165, 1.54) is 0 Å². The van der Waals surface area contributed by atoms with Crippen LogP contribution in [0, 0.1) is 0 Å². The molecule has 0 saturated carbocycles. The summed E-state index contributed by atoms with van der Waals surface area (Å²) >= 11 is 3.41. The Kier molecular flexibility index (Phi) is 3.36. The molecule has 1 aromatic heterocycles. The first-order chi connectivity index (χ1) is 7.76. The normalized spacial score (nSPS) is 10.7. The Labute approximate surface area is 103 Å². The van der Waals surface area contributed by atoms with Crippen molar-refractivity contribution in [1.82, 2.24) is 15.0 Å². The molecule has 0 spiro atoms. The Bertz CT molecular complexity index is 475. The molecule has 4 nitrogen and oxygen atoms in total. The molecule has 0 aliphatic carbocycles. The topological polar surface area (TPSA) is 56.7 Å². The summed E-state index contributed by atoms with van der Waals surface area (Å²) in [5.41, 5.74) is 8.62. The third kappa shape index (κ3) is 2.01. The van der Waals surface area contributed by atoms with Crippen LogP contribution in [0.15, 0.2) is 28.7 Å². The van der Waals surface area contributed by atoms with E-state index in [4.69, 9.17) is 5.73 Å². The van der Waals surface area contributed by atoms with Crippen molar-refractivity contribution in [1.29, 1.82) is 0 Å². The summed E-state index contributed by atoms with van der Waals surface area (Å²) in [6, 6.07) is 7.99. The Morgan fingerprint density at radius 1 is 1.31 bits per heavy atom. The molecule has 2 N–H and O–H groups in total. The molecule has 1 heterocycles. The van der Waals surface area contributed by atoms with Gasteiger partial charge in [0.25, 0.3) is 0 Å². The van der Waals surface area contributed by atoms with Crippen LogP contribution in [-0.2, 0) is 13.1 Å². The second-order valence-corrected chi connectivity index (χ2v) is 4.33. The lowest BCUT2D eigenvalue weighted by Gasteiger charge is -2.03. The Morgan fingerprint density at radius 2 is 2.00 bits per heavy atom. The Hall–Kier alpha value is -1.20. The number of rotatable bonds is 3. The van der Waals surface area contributed by atoms with E-state index in [9.17, 15) is 0 Å². The molecule has 84 valence electrons. The summed E-state index contributed by atoms with van der Waals surface area (Å²) < 4.78 is 2.88. The number of nitrogens with two attached hydrogens (primary N) is 1. The molecule has 0 saturated heterocycles. The van der Waals surface area contributed by atoms with Crippen LogP contribution in [0.4, 0.5) is 0 Å². The summed E-state index contributed by atoms with van der Waals surface area (Å²) in [4.78, 5) is 0. The zero-order valence-electron chi connectivity index (χ0n) is 9.02. The summed E-state index contributed by atoms with van der Waals surface area (Å²) in [5.74, 6) is 0. The molecule has 0 unspecified atom stereocenters. The Balaban J connectivity index is 2.47. The molecule has 0 bridgehead atoms. The number of benzene rings is 1. The molecule has 2 aromatic rings. The molecule has 16 heavy (non-hydrogen) atoms. The highest BCUT2D eigenvalue weighted by atomic mass is 79.9. The summed E-state index contributed by atoms with van der Waals surface area (Å²) in [5, 5.41) is 8.25. The number of aromatic nitrogens is 3. The highest BCUT2D eigenvalue weighted by molar-refractivity contribution is 9.10. The lowest BCUT2D eigenvalue weighted by molar-refractivity contribution is 0.598. The van der Waals surface area contributed by atoms with Crippen molar-refractivity contribution < 1.29 is 0 Å². The van der Waals surface area contributed by atoms with Gasteiger partial charge in [-0.3, -0.25) is 0 Å². The van der Waals surface area contributed by atoms with Gasteiger partial charge in [-0.15, -0.1) is 5.10 Å². The van der Waals surface area contributed by atoms with Crippen LogP contribution < -0.4 is 5.73 Å². The van der Waals surface area contributed by atoms with Crippen molar-refractivity contribution >= 4 is 15.9 Å². The fraction of sp³-hybridized carbons (Fsp3) is 0.273. The third-order valence-electron chi connectivity index (χ3n) is 2.45. The van der Waals surface area contributed by atoms with Crippen molar-refractivity contribution in [3.63, 3.8) is 0 Å². The van der Waals surface area contributed by atoms with Crippen LogP contribution in [0.1, 0.15) is 12.6 Å². The fourth-order valence-electron chi connectivity index (χ4n) is 1.62. The minimum atomic E-state index is 0.451.